The number of benzene rings is 1. The first-order chi connectivity index (χ1) is 11.6. The van der Waals surface area contributed by atoms with Crippen molar-refractivity contribution in [1.29, 1.82) is 0 Å². The first-order valence-corrected chi connectivity index (χ1v) is 7.97. The Kier molecular flexibility index (Phi) is 4.46. The maximum absolute atomic E-state index is 11.1. The molecule has 124 valence electrons. The molecule has 2 aromatic heterocycles. The molecule has 1 aromatic carbocycles. The summed E-state index contributed by atoms with van der Waals surface area (Å²) in [5, 5.41) is 9.14. The van der Waals surface area contributed by atoms with Crippen LogP contribution >= 0.6 is 0 Å². The SMILES string of the molecule is CCn1ccnc1-c1c(-c2ccccc2)ncn1[C@H](C)CC(=O)O. The molecule has 1 N–H and O–H groups in total. The van der Waals surface area contributed by atoms with Crippen molar-refractivity contribution >= 4 is 5.97 Å². The molecule has 0 spiro atoms. The van der Waals surface area contributed by atoms with Gasteiger partial charge in [0.2, 0.25) is 0 Å². The van der Waals surface area contributed by atoms with E-state index in [1.165, 1.54) is 0 Å². The number of hydrogen-bond acceptors (Lipinski definition) is 3. The lowest BCUT2D eigenvalue weighted by atomic mass is 10.1. The van der Waals surface area contributed by atoms with Crippen LogP contribution in [0.25, 0.3) is 22.8 Å². The third kappa shape index (κ3) is 2.95. The van der Waals surface area contributed by atoms with Crippen molar-refractivity contribution in [2.45, 2.75) is 32.9 Å². The van der Waals surface area contributed by atoms with E-state index in [9.17, 15) is 4.79 Å². The highest BCUT2D eigenvalue weighted by molar-refractivity contribution is 5.76. The topological polar surface area (TPSA) is 72.9 Å². The van der Waals surface area contributed by atoms with E-state index in [2.05, 4.69) is 16.9 Å². The van der Waals surface area contributed by atoms with Crippen LogP contribution in [-0.2, 0) is 11.3 Å². The van der Waals surface area contributed by atoms with Gasteiger partial charge in [0.25, 0.3) is 0 Å². The van der Waals surface area contributed by atoms with Crippen LogP contribution in [0.1, 0.15) is 26.3 Å². The second kappa shape index (κ2) is 6.70. The molecule has 2 heterocycles. The molecule has 0 bridgehead atoms. The minimum absolute atomic E-state index is 0.0322. The van der Waals surface area contributed by atoms with E-state index >= 15 is 0 Å². The van der Waals surface area contributed by atoms with Crippen LogP contribution < -0.4 is 0 Å². The van der Waals surface area contributed by atoms with Gasteiger partial charge >= 0.3 is 5.97 Å². The van der Waals surface area contributed by atoms with E-state index in [-0.39, 0.29) is 12.5 Å². The Morgan fingerprint density at radius 2 is 2.00 bits per heavy atom. The van der Waals surface area contributed by atoms with Crippen molar-refractivity contribution < 1.29 is 9.90 Å². The fourth-order valence-corrected chi connectivity index (χ4v) is 2.86. The van der Waals surface area contributed by atoms with E-state index in [4.69, 9.17) is 5.11 Å². The second-order valence-electron chi connectivity index (χ2n) is 5.70. The quantitative estimate of drug-likeness (QED) is 0.753. The number of aliphatic carboxylic acids is 1. The Hall–Kier alpha value is -2.89. The van der Waals surface area contributed by atoms with Crippen molar-refractivity contribution in [3.05, 3.63) is 49.1 Å². The molecule has 0 fully saturated rings. The number of carbonyl (C=O) groups is 1. The summed E-state index contributed by atoms with van der Waals surface area (Å²) in [5.41, 5.74) is 2.65. The fourth-order valence-electron chi connectivity index (χ4n) is 2.86. The molecule has 6 heteroatoms. The molecule has 0 aliphatic rings. The molecule has 0 amide bonds. The normalized spacial score (nSPS) is 12.2. The van der Waals surface area contributed by atoms with Crippen LogP contribution in [0.3, 0.4) is 0 Å². The molecule has 0 aliphatic heterocycles. The van der Waals surface area contributed by atoms with Crippen LogP contribution in [0.4, 0.5) is 0 Å². The number of carboxylic acid groups (broad SMARTS) is 1. The minimum atomic E-state index is -0.831. The van der Waals surface area contributed by atoms with Gasteiger partial charge in [-0.25, -0.2) is 9.97 Å². The molecular formula is C18H20N4O2. The Morgan fingerprint density at radius 3 is 2.67 bits per heavy atom. The Balaban J connectivity index is 2.18. The summed E-state index contributed by atoms with van der Waals surface area (Å²) in [7, 11) is 0. The number of imidazole rings is 2. The molecule has 24 heavy (non-hydrogen) atoms. The summed E-state index contributed by atoms with van der Waals surface area (Å²) < 4.78 is 3.94. The zero-order chi connectivity index (χ0) is 17.1. The number of carboxylic acids is 1. The summed E-state index contributed by atoms with van der Waals surface area (Å²) in [5.74, 6) is -0.0339. The average molecular weight is 324 g/mol. The fraction of sp³-hybridized carbons (Fsp3) is 0.278. The van der Waals surface area contributed by atoms with Gasteiger partial charge in [-0.05, 0) is 13.8 Å². The molecule has 0 saturated heterocycles. The molecule has 1 atom stereocenters. The Labute approximate surface area is 140 Å². The standard InChI is InChI=1S/C18H20N4O2/c1-3-21-10-9-19-18(21)17-16(14-7-5-4-6-8-14)20-12-22(17)13(2)11-15(23)24/h4-10,12-13H,3,11H2,1-2H3,(H,23,24)/t13-/m1/s1. The molecule has 0 aliphatic carbocycles. The number of aromatic nitrogens is 4. The van der Waals surface area contributed by atoms with E-state index in [0.717, 1.165) is 29.3 Å². The van der Waals surface area contributed by atoms with Crippen LogP contribution in [0.2, 0.25) is 0 Å². The first-order valence-electron chi connectivity index (χ1n) is 7.97. The summed E-state index contributed by atoms with van der Waals surface area (Å²) >= 11 is 0. The maximum atomic E-state index is 11.1. The van der Waals surface area contributed by atoms with Gasteiger partial charge < -0.3 is 14.2 Å². The van der Waals surface area contributed by atoms with Crippen molar-refractivity contribution in [3.8, 4) is 22.8 Å². The average Bonchev–Trinajstić information content (AvgIpc) is 3.20. The highest BCUT2D eigenvalue weighted by Gasteiger charge is 2.22. The Morgan fingerprint density at radius 1 is 1.25 bits per heavy atom. The summed E-state index contributed by atoms with van der Waals surface area (Å²) in [6, 6.07) is 9.66. The smallest absolute Gasteiger partial charge is 0.305 e. The van der Waals surface area contributed by atoms with Crippen molar-refractivity contribution in [3.63, 3.8) is 0 Å². The van der Waals surface area contributed by atoms with Crippen LogP contribution in [0, 0.1) is 0 Å². The van der Waals surface area contributed by atoms with Gasteiger partial charge in [-0.3, -0.25) is 4.79 Å². The summed E-state index contributed by atoms with van der Waals surface area (Å²) in [4.78, 5) is 20.2. The highest BCUT2D eigenvalue weighted by Crippen LogP contribution is 2.33. The number of nitrogens with zero attached hydrogens (tertiary/aromatic N) is 4. The second-order valence-corrected chi connectivity index (χ2v) is 5.70. The van der Waals surface area contributed by atoms with Crippen molar-refractivity contribution in [2.24, 2.45) is 0 Å². The lowest BCUT2D eigenvalue weighted by Gasteiger charge is -2.16. The van der Waals surface area contributed by atoms with Crippen LogP contribution in [0.15, 0.2) is 49.1 Å². The van der Waals surface area contributed by atoms with Gasteiger partial charge in [0, 0.05) is 30.5 Å². The monoisotopic (exact) mass is 324 g/mol. The largest absolute Gasteiger partial charge is 0.481 e. The lowest BCUT2D eigenvalue weighted by Crippen LogP contribution is -2.12. The molecule has 3 aromatic rings. The first kappa shape index (κ1) is 16.0. The molecule has 6 nitrogen and oxygen atoms in total. The summed E-state index contributed by atoms with van der Waals surface area (Å²) in [6.07, 6.45) is 5.42. The van der Waals surface area contributed by atoms with E-state index in [1.807, 2.05) is 52.6 Å². The number of hydrogen-bond donors (Lipinski definition) is 1. The van der Waals surface area contributed by atoms with E-state index in [1.54, 1.807) is 12.5 Å². The van der Waals surface area contributed by atoms with Crippen molar-refractivity contribution in [1.82, 2.24) is 19.1 Å². The molecule has 0 unspecified atom stereocenters. The van der Waals surface area contributed by atoms with Gasteiger partial charge in [-0.2, -0.15) is 0 Å². The van der Waals surface area contributed by atoms with Crippen LogP contribution in [0.5, 0.6) is 0 Å². The molecule has 0 saturated carbocycles. The Bertz CT molecular complexity index is 836. The van der Waals surface area contributed by atoms with E-state index in [0.29, 0.717) is 0 Å². The number of rotatable bonds is 6. The zero-order valence-electron chi connectivity index (χ0n) is 13.8. The predicted molar refractivity (Wildman–Crippen MR) is 91.5 cm³/mol. The zero-order valence-corrected chi connectivity index (χ0v) is 13.8. The van der Waals surface area contributed by atoms with Gasteiger partial charge in [-0.15, -0.1) is 0 Å². The molecule has 0 radical (unpaired) electrons. The third-order valence-corrected chi connectivity index (χ3v) is 4.05. The number of aryl methyl sites for hydroxylation is 1. The van der Waals surface area contributed by atoms with Gasteiger partial charge in [0.1, 0.15) is 5.69 Å². The summed E-state index contributed by atoms with van der Waals surface area (Å²) in [6.45, 7) is 4.71. The van der Waals surface area contributed by atoms with Gasteiger partial charge in [0.15, 0.2) is 5.82 Å². The molecular weight excluding hydrogens is 304 g/mol. The molecule has 3 rings (SSSR count). The predicted octanol–water partition coefficient (Wildman–Crippen LogP) is 3.47. The van der Waals surface area contributed by atoms with Crippen LogP contribution in [-0.4, -0.2) is 30.2 Å². The highest BCUT2D eigenvalue weighted by atomic mass is 16.4. The van der Waals surface area contributed by atoms with Gasteiger partial charge in [-0.1, -0.05) is 30.3 Å². The third-order valence-electron chi connectivity index (χ3n) is 4.05. The lowest BCUT2D eigenvalue weighted by molar-refractivity contribution is -0.137. The van der Waals surface area contributed by atoms with Gasteiger partial charge in [0.05, 0.1) is 18.4 Å². The van der Waals surface area contributed by atoms with E-state index < -0.39 is 5.97 Å². The maximum Gasteiger partial charge on any atom is 0.305 e. The minimum Gasteiger partial charge on any atom is -0.481 e. The van der Waals surface area contributed by atoms with Crippen molar-refractivity contribution in [2.75, 3.05) is 0 Å².